The number of hydrogen-bond donors (Lipinski definition) is 1. The van der Waals surface area contributed by atoms with E-state index in [2.05, 4.69) is 19.6 Å². The van der Waals surface area contributed by atoms with E-state index in [1.54, 1.807) is 6.92 Å². The third kappa shape index (κ3) is 3.70. The fraction of sp³-hybridized carbons (Fsp3) is 0.286. The second-order valence-corrected chi connectivity index (χ2v) is 4.68. The molecular weight excluding hydrogens is 345 g/mol. The summed E-state index contributed by atoms with van der Waals surface area (Å²) >= 11 is 0. The van der Waals surface area contributed by atoms with Gasteiger partial charge in [-0.15, -0.1) is 5.10 Å². The molecule has 1 aromatic heterocycles. The summed E-state index contributed by atoms with van der Waals surface area (Å²) in [7, 11) is 1.06. The van der Waals surface area contributed by atoms with Gasteiger partial charge in [0.15, 0.2) is 0 Å². The zero-order valence-corrected chi connectivity index (χ0v) is 13.1. The number of halogens is 3. The Kier molecular flexibility index (Phi) is 4.95. The number of methoxy groups -OCH3 is 1. The maximum absolute atomic E-state index is 13.3. The molecule has 0 saturated carbocycles. The average Bonchev–Trinajstić information content (AvgIpc) is 3.03. The Labute approximate surface area is 139 Å². The fourth-order valence-corrected chi connectivity index (χ4v) is 1.98. The number of carbonyl (C=O) groups excluding carboxylic acids is 2. The first-order valence-electron chi connectivity index (χ1n) is 6.87. The molecule has 0 amide bonds. The van der Waals surface area contributed by atoms with Crippen molar-refractivity contribution in [3.8, 4) is 5.69 Å². The topological polar surface area (TPSA) is 109 Å². The van der Waals surface area contributed by atoms with Gasteiger partial charge in [0.1, 0.15) is 6.33 Å². The smallest absolute Gasteiger partial charge is 0.418 e. The summed E-state index contributed by atoms with van der Waals surface area (Å²) in [6, 6.07) is 1.46. The number of benzene rings is 1. The van der Waals surface area contributed by atoms with Gasteiger partial charge in [0.05, 0.1) is 30.5 Å². The lowest BCUT2D eigenvalue weighted by Gasteiger charge is -2.15. The summed E-state index contributed by atoms with van der Waals surface area (Å²) in [5, 5.41) is 3.67. The Morgan fingerprint density at radius 2 is 1.96 bits per heavy atom. The number of esters is 2. The zero-order chi connectivity index (χ0) is 18.8. The summed E-state index contributed by atoms with van der Waals surface area (Å²) in [5.41, 5.74) is 3.14. The molecule has 0 atom stereocenters. The van der Waals surface area contributed by atoms with Crippen LogP contribution in [0, 0.1) is 0 Å². The van der Waals surface area contributed by atoms with Crippen molar-refractivity contribution in [2.45, 2.75) is 13.1 Å². The molecule has 0 unspecified atom stereocenters. The van der Waals surface area contributed by atoms with Gasteiger partial charge in [-0.1, -0.05) is 0 Å². The number of rotatable bonds is 4. The van der Waals surface area contributed by atoms with Crippen LogP contribution in [0.2, 0.25) is 0 Å². The van der Waals surface area contributed by atoms with E-state index in [9.17, 15) is 22.8 Å². The van der Waals surface area contributed by atoms with Gasteiger partial charge in [0.2, 0.25) is 0 Å². The normalized spacial score (nSPS) is 11.2. The van der Waals surface area contributed by atoms with E-state index < -0.39 is 40.9 Å². The summed E-state index contributed by atoms with van der Waals surface area (Å²) in [5.74, 6) is -2.23. The van der Waals surface area contributed by atoms with Crippen molar-refractivity contribution in [1.29, 1.82) is 0 Å². The minimum absolute atomic E-state index is 0.0511. The molecule has 0 aliphatic heterocycles. The quantitative estimate of drug-likeness (QED) is 0.656. The van der Waals surface area contributed by atoms with Gasteiger partial charge in [0.25, 0.3) is 5.82 Å². The molecule has 0 fully saturated rings. The third-order valence-corrected chi connectivity index (χ3v) is 3.08. The third-order valence-electron chi connectivity index (χ3n) is 3.08. The summed E-state index contributed by atoms with van der Waals surface area (Å²) < 4.78 is 49.7. The molecule has 2 aromatic rings. The second-order valence-electron chi connectivity index (χ2n) is 4.68. The van der Waals surface area contributed by atoms with Gasteiger partial charge in [-0.25, -0.2) is 19.3 Å². The Morgan fingerprint density at radius 3 is 2.52 bits per heavy atom. The lowest BCUT2D eigenvalue weighted by atomic mass is 10.1. The lowest BCUT2D eigenvalue weighted by molar-refractivity contribution is -0.137. The number of nitrogens with two attached hydrogens (primary N) is 1. The van der Waals surface area contributed by atoms with Gasteiger partial charge >= 0.3 is 18.1 Å². The molecule has 25 heavy (non-hydrogen) atoms. The Bertz CT molecular complexity index is 817. The van der Waals surface area contributed by atoms with Crippen LogP contribution in [0.1, 0.15) is 33.5 Å². The van der Waals surface area contributed by atoms with Crippen molar-refractivity contribution in [2.75, 3.05) is 19.5 Å². The summed E-state index contributed by atoms with van der Waals surface area (Å²) in [4.78, 5) is 26.9. The molecule has 2 N–H and O–H groups in total. The highest BCUT2D eigenvalue weighted by molar-refractivity contribution is 5.96. The molecule has 1 aromatic carbocycles. The molecule has 0 saturated heterocycles. The van der Waals surface area contributed by atoms with Gasteiger partial charge in [-0.2, -0.15) is 13.2 Å². The lowest BCUT2D eigenvalue weighted by Crippen LogP contribution is -2.16. The zero-order valence-electron chi connectivity index (χ0n) is 13.1. The van der Waals surface area contributed by atoms with Crippen molar-refractivity contribution in [3.63, 3.8) is 0 Å². The monoisotopic (exact) mass is 358 g/mol. The number of anilines is 1. The van der Waals surface area contributed by atoms with E-state index in [1.165, 1.54) is 0 Å². The molecule has 1 heterocycles. The first-order valence-corrected chi connectivity index (χ1v) is 6.87. The van der Waals surface area contributed by atoms with E-state index >= 15 is 0 Å². The van der Waals surface area contributed by atoms with E-state index in [4.69, 9.17) is 5.73 Å². The Hall–Kier alpha value is -3.11. The molecular formula is C14H13F3N4O4. The van der Waals surface area contributed by atoms with Crippen molar-refractivity contribution in [2.24, 2.45) is 0 Å². The molecule has 0 radical (unpaired) electrons. The largest absolute Gasteiger partial charge is 0.465 e. The first kappa shape index (κ1) is 18.2. The summed E-state index contributed by atoms with van der Waals surface area (Å²) in [6.07, 6.45) is -3.89. The Balaban J connectivity index is 2.62. The molecule has 8 nitrogen and oxygen atoms in total. The van der Waals surface area contributed by atoms with Crippen LogP contribution in [-0.2, 0) is 15.7 Å². The highest BCUT2D eigenvalue weighted by Gasteiger charge is 2.36. The van der Waals surface area contributed by atoms with Crippen LogP contribution >= 0.6 is 0 Å². The van der Waals surface area contributed by atoms with Crippen molar-refractivity contribution in [1.82, 2.24) is 14.8 Å². The number of carbonyl (C=O) groups is 2. The maximum Gasteiger partial charge on any atom is 0.418 e. The predicted molar refractivity (Wildman–Crippen MR) is 78.1 cm³/mol. The number of aromatic nitrogens is 3. The van der Waals surface area contributed by atoms with E-state index in [1.807, 2.05) is 0 Å². The minimum atomic E-state index is -4.78. The number of nitrogen functional groups attached to an aromatic ring is 1. The molecule has 0 bridgehead atoms. The molecule has 11 heteroatoms. The van der Waals surface area contributed by atoms with E-state index in [-0.39, 0.29) is 12.2 Å². The van der Waals surface area contributed by atoms with Crippen LogP contribution in [0.4, 0.5) is 18.9 Å². The number of nitrogens with zero attached hydrogens (tertiary/aromatic N) is 3. The molecule has 0 spiro atoms. The van der Waals surface area contributed by atoms with Crippen molar-refractivity contribution in [3.05, 3.63) is 35.4 Å². The van der Waals surface area contributed by atoms with Crippen molar-refractivity contribution < 1.29 is 32.2 Å². The summed E-state index contributed by atoms with van der Waals surface area (Å²) in [6.45, 7) is 1.61. The fourth-order valence-electron chi connectivity index (χ4n) is 1.98. The molecule has 2 rings (SSSR count). The van der Waals surface area contributed by atoms with Gasteiger partial charge < -0.3 is 15.2 Å². The van der Waals surface area contributed by atoms with Crippen LogP contribution < -0.4 is 5.73 Å². The Morgan fingerprint density at radius 1 is 1.28 bits per heavy atom. The van der Waals surface area contributed by atoms with Crippen LogP contribution in [0.25, 0.3) is 5.69 Å². The van der Waals surface area contributed by atoms with Crippen LogP contribution in [0.5, 0.6) is 0 Å². The second kappa shape index (κ2) is 6.79. The number of alkyl halides is 3. The van der Waals surface area contributed by atoms with Gasteiger partial charge in [0, 0.05) is 5.69 Å². The van der Waals surface area contributed by atoms with E-state index in [0.29, 0.717) is 10.7 Å². The van der Waals surface area contributed by atoms with Crippen LogP contribution in [0.3, 0.4) is 0 Å². The SMILES string of the molecule is CCOC(=O)c1ncn(-c2cc(C(=O)OC)c(N)cc2C(F)(F)F)n1. The van der Waals surface area contributed by atoms with Gasteiger partial charge in [-0.05, 0) is 19.1 Å². The maximum atomic E-state index is 13.3. The molecule has 0 aliphatic carbocycles. The van der Waals surface area contributed by atoms with E-state index in [0.717, 1.165) is 19.5 Å². The molecule has 134 valence electrons. The van der Waals surface area contributed by atoms with Gasteiger partial charge in [-0.3, -0.25) is 0 Å². The number of ether oxygens (including phenoxy) is 2. The highest BCUT2D eigenvalue weighted by Crippen LogP contribution is 2.36. The molecule has 0 aliphatic rings. The van der Waals surface area contributed by atoms with Crippen molar-refractivity contribution >= 4 is 17.6 Å². The highest BCUT2D eigenvalue weighted by atomic mass is 19.4. The van der Waals surface area contributed by atoms with Crippen LogP contribution in [0.15, 0.2) is 18.5 Å². The van der Waals surface area contributed by atoms with Crippen LogP contribution in [-0.4, -0.2) is 40.4 Å². The standard InChI is InChI=1S/C14H13F3N4O4/c1-3-25-13(23)11-19-6-21(20-11)10-4-7(12(22)24-2)9(18)5-8(10)14(15,16)17/h4-6H,3,18H2,1-2H3. The average molecular weight is 358 g/mol. The predicted octanol–water partition coefficient (Wildman–Crippen LogP) is 1.83. The first-order chi connectivity index (χ1) is 11.7. The number of hydrogen-bond acceptors (Lipinski definition) is 7. The minimum Gasteiger partial charge on any atom is -0.465 e.